The van der Waals surface area contributed by atoms with Crippen molar-refractivity contribution < 1.29 is 20.1 Å². The van der Waals surface area contributed by atoms with Crippen molar-refractivity contribution in [2.75, 3.05) is 33.0 Å². The molecule has 0 radical (unpaired) electrons. The molecule has 0 rings (SSSR count). The van der Waals surface area contributed by atoms with E-state index in [-0.39, 0.29) is 19.3 Å². The van der Waals surface area contributed by atoms with Crippen LogP contribution in [0.2, 0.25) is 0 Å². The third-order valence-corrected chi connectivity index (χ3v) is 3.04. The number of aliphatic hydroxyl groups excluding tert-OH is 3. The lowest BCUT2D eigenvalue weighted by molar-refractivity contribution is 0.0313. The van der Waals surface area contributed by atoms with Gasteiger partial charge in [-0.15, -0.1) is 0 Å². The Hall–Kier alpha value is -0.200. The van der Waals surface area contributed by atoms with E-state index < -0.39 is 6.10 Å². The van der Waals surface area contributed by atoms with E-state index in [1.165, 1.54) is 32.1 Å². The fourth-order valence-corrected chi connectivity index (χ4v) is 1.75. The van der Waals surface area contributed by atoms with Crippen molar-refractivity contribution >= 4 is 0 Å². The molecule has 0 aliphatic carbocycles. The van der Waals surface area contributed by atoms with Crippen LogP contribution in [0.15, 0.2) is 0 Å². The number of rotatable bonds is 14. The molecule has 0 saturated heterocycles. The van der Waals surface area contributed by atoms with Crippen LogP contribution in [0.3, 0.4) is 0 Å². The quantitative estimate of drug-likeness (QED) is 0.351. The average Bonchev–Trinajstić information content (AvgIpc) is 2.43. The van der Waals surface area contributed by atoms with Gasteiger partial charge in [-0.2, -0.15) is 0 Å². The molecule has 5 nitrogen and oxygen atoms in total. The van der Waals surface area contributed by atoms with E-state index in [4.69, 9.17) is 14.9 Å². The Morgan fingerprint density at radius 1 is 1.00 bits per heavy atom. The zero-order valence-electron chi connectivity index (χ0n) is 12.2. The van der Waals surface area contributed by atoms with E-state index >= 15 is 0 Å². The van der Waals surface area contributed by atoms with Crippen LogP contribution in [-0.2, 0) is 4.74 Å². The van der Waals surface area contributed by atoms with Crippen molar-refractivity contribution in [1.82, 2.24) is 5.32 Å². The predicted molar refractivity (Wildman–Crippen MR) is 76.2 cm³/mol. The van der Waals surface area contributed by atoms with Crippen molar-refractivity contribution in [2.24, 2.45) is 0 Å². The zero-order chi connectivity index (χ0) is 14.3. The molecular weight excluding hydrogens is 246 g/mol. The number of hydrogen-bond acceptors (Lipinski definition) is 5. The third kappa shape index (κ3) is 12.6. The first-order valence-electron chi connectivity index (χ1n) is 7.45. The first-order valence-corrected chi connectivity index (χ1v) is 7.45. The van der Waals surface area contributed by atoms with Crippen LogP contribution in [0.4, 0.5) is 0 Å². The molecular formula is C14H31NO4. The van der Waals surface area contributed by atoms with Crippen LogP contribution in [0, 0.1) is 0 Å². The highest BCUT2D eigenvalue weighted by atomic mass is 16.5. The summed E-state index contributed by atoms with van der Waals surface area (Å²) in [6.07, 6.45) is 6.76. The highest BCUT2D eigenvalue weighted by molar-refractivity contribution is 4.67. The van der Waals surface area contributed by atoms with Crippen LogP contribution in [0.1, 0.15) is 45.4 Å². The summed E-state index contributed by atoms with van der Waals surface area (Å²) in [4.78, 5) is 0. The summed E-state index contributed by atoms with van der Waals surface area (Å²) in [5.74, 6) is 0. The van der Waals surface area contributed by atoms with Crippen LogP contribution in [-0.4, -0.2) is 60.4 Å². The van der Waals surface area contributed by atoms with Crippen LogP contribution in [0.25, 0.3) is 0 Å². The minimum absolute atomic E-state index is 0.137. The van der Waals surface area contributed by atoms with Crippen molar-refractivity contribution in [3.8, 4) is 0 Å². The first-order chi connectivity index (χ1) is 9.24. The van der Waals surface area contributed by atoms with Gasteiger partial charge in [0.2, 0.25) is 0 Å². The second-order valence-corrected chi connectivity index (χ2v) is 4.97. The summed E-state index contributed by atoms with van der Waals surface area (Å²) in [5, 5.41) is 30.2. The maximum atomic E-state index is 9.61. The molecule has 0 aliphatic heterocycles. The van der Waals surface area contributed by atoms with Gasteiger partial charge >= 0.3 is 0 Å². The van der Waals surface area contributed by atoms with Gasteiger partial charge in [0.1, 0.15) is 0 Å². The lowest BCUT2D eigenvalue weighted by Gasteiger charge is -2.17. The Labute approximate surface area is 117 Å². The lowest BCUT2D eigenvalue weighted by Crippen LogP contribution is -2.41. The summed E-state index contributed by atoms with van der Waals surface area (Å²) in [7, 11) is 0. The van der Waals surface area contributed by atoms with E-state index in [1.54, 1.807) is 0 Å². The SMILES string of the molecule is CCCCCCCCOCC(O)CNC(CO)CO. The Bertz CT molecular complexity index is 177. The van der Waals surface area contributed by atoms with Gasteiger partial charge in [-0.3, -0.25) is 0 Å². The van der Waals surface area contributed by atoms with E-state index in [0.29, 0.717) is 19.8 Å². The summed E-state index contributed by atoms with van der Waals surface area (Å²) < 4.78 is 5.39. The minimum Gasteiger partial charge on any atom is -0.395 e. The normalized spacial score (nSPS) is 13.1. The van der Waals surface area contributed by atoms with Gasteiger partial charge in [0.05, 0.1) is 32.0 Å². The molecule has 1 unspecified atom stereocenters. The monoisotopic (exact) mass is 277 g/mol. The Kier molecular flexibility index (Phi) is 14.1. The molecule has 0 aromatic rings. The molecule has 0 saturated carbocycles. The van der Waals surface area contributed by atoms with E-state index in [0.717, 1.165) is 6.42 Å². The second-order valence-electron chi connectivity index (χ2n) is 4.97. The van der Waals surface area contributed by atoms with Crippen molar-refractivity contribution in [2.45, 2.75) is 57.6 Å². The summed E-state index contributed by atoms with van der Waals surface area (Å²) in [6, 6.07) is -0.367. The van der Waals surface area contributed by atoms with Gasteiger partial charge in [0.25, 0.3) is 0 Å². The predicted octanol–water partition coefficient (Wildman–Crippen LogP) is 0.667. The van der Waals surface area contributed by atoms with E-state index in [9.17, 15) is 5.11 Å². The largest absolute Gasteiger partial charge is 0.395 e. The Morgan fingerprint density at radius 2 is 1.63 bits per heavy atom. The molecule has 19 heavy (non-hydrogen) atoms. The number of aliphatic hydroxyl groups is 3. The van der Waals surface area contributed by atoms with Crippen molar-refractivity contribution in [3.05, 3.63) is 0 Å². The standard InChI is InChI=1S/C14H31NO4/c1-2-3-4-5-6-7-8-19-12-14(18)9-15-13(10-16)11-17/h13-18H,2-12H2,1H3. The van der Waals surface area contributed by atoms with Gasteiger partial charge in [0.15, 0.2) is 0 Å². The molecule has 0 bridgehead atoms. The molecule has 0 aliphatic rings. The second kappa shape index (κ2) is 14.2. The van der Waals surface area contributed by atoms with E-state index in [1.807, 2.05) is 0 Å². The molecule has 0 spiro atoms. The summed E-state index contributed by atoms with van der Waals surface area (Å²) in [6.45, 7) is 3.24. The van der Waals surface area contributed by atoms with Crippen molar-refractivity contribution in [3.63, 3.8) is 0 Å². The molecule has 0 fully saturated rings. The van der Waals surface area contributed by atoms with Crippen LogP contribution >= 0.6 is 0 Å². The maximum absolute atomic E-state index is 9.61. The maximum Gasteiger partial charge on any atom is 0.0897 e. The fourth-order valence-electron chi connectivity index (χ4n) is 1.75. The lowest BCUT2D eigenvalue weighted by atomic mass is 10.1. The fraction of sp³-hybridized carbons (Fsp3) is 1.00. The third-order valence-electron chi connectivity index (χ3n) is 3.04. The molecule has 0 amide bonds. The summed E-state index contributed by atoms with van der Waals surface area (Å²) in [5.41, 5.74) is 0. The smallest absolute Gasteiger partial charge is 0.0897 e. The van der Waals surface area contributed by atoms with Crippen molar-refractivity contribution in [1.29, 1.82) is 0 Å². The summed E-state index contributed by atoms with van der Waals surface area (Å²) >= 11 is 0. The topological polar surface area (TPSA) is 82.0 Å². The van der Waals surface area contributed by atoms with E-state index in [2.05, 4.69) is 12.2 Å². The minimum atomic E-state index is -0.597. The van der Waals surface area contributed by atoms with Gasteiger partial charge < -0.3 is 25.4 Å². The van der Waals surface area contributed by atoms with Crippen LogP contribution in [0.5, 0.6) is 0 Å². The molecule has 0 aromatic heterocycles. The molecule has 4 N–H and O–H groups in total. The van der Waals surface area contributed by atoms with Gasteiger partial charge in [-0.1, -0.05) is 39.0 Å². The molecule has 1 atom stereocenters. The zero-order valence-corrected chi connectivity index (χ0v) is 12.2. The molecule has 5 heteroatoms. The Balaban J connectivity index is 3.26. The van der Waals surface area contributed by atoms with Gasteiger partial charge in [0, 0.05) is 13.2 Å². The molecule has 0 aromatic carbocycles. The van der Waals surface area contributed by atoms with Crippen LogP contribution < -0.4 is 5.32 Å². The number of ether oxygens (including phenoxy) is 1. The molecule has 0 heterocycles. The number of hydrogen-bond donors (Lipinski definition) is 4. The number of unbranched alkanes of at least 4 members (excludes halogenated alkanes) is 5. The van der Waals surface area contributed by atoms with Gasteiger partial charge in [-0.05, 0) is 6.42 Å². The highest BCUT2D eigenvalue weighted by Gasteiger charge is 2.09. The van der Waals surface area contributed by atoms with Gasteiger partial charge in [-0.25, -0.2) is 0 Å². The molecule has 116 valence electrons. The number of nitrogens with one attached hydrogen (secondary N) is 1. The highest BCUT2D eigenvalue weighted by Crippen LogP contribution is 2.04. The first kappa shape index (κ1) is 18.8. The Morgan fingerprint density at radius 3 is 2.26 bits per heavy atom. The average molecular weight is 277 g/mol.